The Labute approximate surface area is 192 Å². The Bertz CT molecular complexity index is 1350. The molecule has 2 aromatic heterocycles. The van der Waals surface area contributed by atoms with Crippen LogP contribution < -0.4 is 15.6 Å². The lowest BCUT2D eigenvalue weighted by molar-refractivity contribution is -0.113. The average molecular weight is 470 g/mol. The van der Waals surface area contributed by atoms with E-state index in [1.165, 1.54) is 28.0 Å². The van der Waals surface area contributed by atoms with Gasteiger partial charge in [0.15, 0.2) is 5.16 Å². The Morgan fingerprint density at radius 2 is 2.06 bits per heavy atom. The standard InChI is InChI=1S/C23H20FN3O3S2/c1-3-30-19-7-5-4-6-16(19)25-20(28)13-32-23-26-17-10-11-31-21(17)22(29)27(23)18-9-8-15(24)12-14(18)2/h4-12H,3,13H2,1-2H3,(H,25,28). The Hall–Kier alpha value is -3.17. The number of nitrogens with zero attached hydrogens (tertiary/aromatic N) is 2. The van der Waals surface area contributed by atoms with E-state index >= 15 is 0 Å². The molecule has 0 aliphatic heterocycles. The number of nitrogens with one attached hydrogen (secondary N) is 1. The number of ether oxygens (including phenoxy) is 1. The Kier molecular flexibility index (Phi) is 6.57. The second-order valence-electron chi connectivity index (χ2n) is 6.87. The third-order valence-electron chi connectivity index (χ3n) is 4.64. The lowest BCUT2D eigenvalue weighted by atomic mass is 10.2. The molecular formula is C23H20FN3O3S2. The second-order valence-corrected chi connectivity index (χ2v) is 8.73. The van der Waals surface area contributed by atoms with E-state index in [4.69, 9.17) is 4.74 Å². The highest BCUT2D eigenvalue weighted by Gasteiger charge is 2.17. The maximum Gasteiger partial charge on any atom is 0.276 e. The van der Waals surface area contributed by atoms with Crippen LogP contribution in [0.4, 0.5) is 10.1 Å². The molecule has 1 N–H and O–H groups in total. The van der Waals surface area contributed by atoms with E-state index < -0.39 is 0 Å². The van der Waals surface area contributed by atoms with Crippen molar-refractivity contribution in [2.75, 3.05) is 17.7 Å². The van der Waals surface area contributed by atoms with Gasteiger partial charge in [0.25, 0.3) is 5.56 Å². The summed E-state index contributed by atoms with van der Waals surface area (Å²) in [7, 11) is 0. The number of halogens is 1. The summed E-state index contributed by atoms with van der Waals surface area (Å²) in [6.45, 7) is 4.09. The molecule has 0 radical (unpaired) electrons. The number of thioether (sulfide) groups is 1. The average Bonchev–Trinajstić information content (AvgIpc) is 3.24. The van der Waals surface area contributed by atoms with E-state index in [0.29, 0.717) is 44.7 Å². The fourth-order valence-electron chi connectivity index (χ4n) is 3.24. The van der Waals surface area contributed by atoms with Crippen molar-refractivity contribution in [1.29, 1.82) is 0 Å². The highest BCUT2D eigenvalue weighted by molar-refractivity contribution is 7.99. The zero-order chi connectivity index (χ0) is 22.7. The van der Waals surface area contributed by atoms with Crippen LogP contribution in [0.2, 0.25) is 0 Å². The minimum absolute atomic E-state index is 0.0305. The van der Waals surface area contributed by atoms with E-state index in [1.54, 1.807) is 36.6 Å². The monoisotopic (exact) mass is 469 g/mol. The fourth-order valence-corrected chi connectivity index (χ4v) is 4.80. The van der Waals surface area contributed by atoms with Gasteiger partial charge in [-0.15, -0.1) is 11.3 Å². The molecular weight excluding hydrogens is 449 g/mol. The second kappa shape index (κ2) is 9.54. The summed E-state index contributed by atoms with van der Waals surface area (Å²) >= 11 is 2.44. The summed E-state index contributed by atoms with van der Waals surface area (Å²) in [4.78, 5) is 30.5. The summed E-state index contributed by atoms with van der Waals surface area (Å²) in [5.41, 5.74) is 2.03. The Balaban J connectivity index is 1.64. The van der Waals surface area contributed by atoms with E-state index in [0.717, 1.165) is 11.8 Å². The quantitative estimate of drug-likeness (QED) is 0.304. The number of hydrogen-bond donors (Lipinski definition) is 1. The lowest BCUT2D eigenvalue weighted by Crippen LogP contribution is -2.23. The number of thiophene rings is 1. The molecule has 0 spiro atoms. The highest BCUT2D eigenvalue weighted by Crippen LogP contribution is 2.27. The van der Waals surface area contributed by atoms with Crippen LogP contribution in [0.5, 0.6) is 5.75 Å². The molecule has 164 valence electrons. The molecule has 0 aliphatic rings. The number of rotatable bonds is 7. The minimum atomic E-state index is -0.383. The van der Waals surface area contributed by atoms with Crippen LogP contribution in [-0.4, -0.2) is 27.8 Å². The smallest absolute Gasteiger partial charge is 0.276 e. The van der Waals surface area contributed by atoms with Gasteiger partial charge in [-0.1, -0.05) is 23.9 Å². The molecule has 0 saturated carbocycles. The fraction of sp³-hybridized carbons (Fsp3) is 0.174. The van der Waals surface area contributed by atoms with Crippen molar-refractivity contribution in [3.8, 4) is 11.4 Å². The molecule has 0 unspecified atom stereocenters. The van der Waals surface area contributed by atoms with E-state index in [9.17, 15) is 14.0 Å². The van der Waals surface area contributed by atoms with Gasteiger partial charge in [-0.25, -0.2) is 9.37 Å². The highest BCUT2D eigenvalue weighted by atomic mass is 32.2. The molecule has 32 heavy (non-hydrogen) atoms. The number of para-hydroxylation sites is 2. The van der Waals surface area contributed by atoms with Crippen LogP contribution in [0, 0.1) is 12.7 Å². The van der Waals surface area contributed by atoms with E-state index in [-0.39, 0.29) is 23.0 Å². The van der Waals surface area contributed by atoms with Gasteiger partial charge in [0, 0.05) is 0 Å². The summed E-state index contributed by atoms with van der Waals surface area (Å²) in [5, 5.41) is 5.01. The molecule has 0 aliphatic carbocycles. The summed E-state index contributed by atoms with van der Waals surface area (Å²) in [6, 6.07) is 13.2. The number of fused-ring (bicyclic) bond motifs is 1. The predicted molar refractivity (Wildman–Crippen MR) is 127 cm³/mol. The van der Waals surface area contributed by atoms with Crippen molar-refractivity contribution in [2.45, 2.75) is 19.0 Å². The first-order chi connectivity index (χ1) is 15.5. The summed E-state index contributed by atoms with van der Waals surface area (Å²) < 4.78 is 21.1. The Morgan fingerprint density at radius 1 is 1.25 bits per heavy atom. The SMILES string of the molecule is CCOc1ccccc1NC(=O)CSc1nc2ccsc2c(=O)n1-c1ccc(F)cc1C. The zero-order valence-corrected chi connectivity index (χ0v) is 19.1. The van der Waals surface area contributed by atoms with Crippen LogP contribution in [0.25, 0.3) is 15.9 Å². The first-order valence-corrected chi connectivity index (χ1v) is 11.8. The number of carbonyl (C=O) groups is 1. The zero-order valence-electron chi connectivity index (χ0n) is 17.4. The van der Waals surface area contributed by atoms with Crippen molar-refractivity contribution >= 4 is 44.9 Å². The third kappa shape index (κ3) is 4.53. The molecule has 2 aromatic carbocycles. The molecule has 0 atom stereocenters. The van der Waals surface area contributed by atoms with Crippen LogP contribution in [0.15, 0.2) is 63.9 Å². The molecule has 2 heterocycles. The summed E-state index contributed by atoms with van der Waals surface area (Å²) in [5.74, 6) is -0.0248. The maximum atomic E-state index is 13.6. The van der Waals surface area contributed by atoms with Gasteiger partial charge in [0.1, 0.15) is 16.3 Å². The number of carbonyl (C=O) groups excluding carboxylic acids is 1. The first kappa shape index (κ1) is 22.0. The number of hydrogen-bond acceptors (Lipinski definition) is 6. The number of benzene rings is 2. The van der Waals surface area contributed by atoms with Gasteiger partial charge < -0.3 is 10.1 Å². The van der Waals surface area contributed by atoms with Crippen molar-refractivity contribution in [3.63, 3.8) is 0 Å². The van der Waals surface area contributed by atoms with Crippen molar-refractivity contribution < 1.29 is 13.9 Å². The molecule has 1 amide bonds. The van der Waals surface area contributed by atoms with Crippen LogP contribution in [0.1, 0.15) is 12.5 Å². The number of aryl methyl sites for hydroxylation is 1. The van der Waals surface area contributed by atoms with Gasteiger partial charge in [-0.05, 0) is 61.2 Å². The molecule has 4 aromatic rings. The van der Waals surface area contributed by atoms with Gasteiger partial charge in [-0.2, -0.15) is 0 Å². The number of aromatic nitrogens is 2. The van der Waals surface area contributed by atoms with Gasteiger partial charge in [0.05, 0.1) is 29.3 Å². The topological polar surface area (TPSA) is 73.2 Å². The largest absolute Gasteiger partial charge is 0.492 e. The van der Waals surface area contributed by atoms with E-state index in [2.05, 4.69) is 10.3 Å². The molecule has 0 bridgehead atoms. The van der Waals surface area contributed by atoms with Crippen LogP contribution >= 0.6 is 23.1 Å². The van der Waals surface area contributed by atoms with Gasteiger partial charge in [-0.3, -0.25) is 14.2 Å². The van der Waals surface area contributed by atoms with Gasteiger partial charge >= 0.3 is 0 Å². The van der Waals surface area contributed by atoms with Gasteiger partial charge in [0.2, 0.25) is 5.91 Å². The van der Waals surface area contributed by atoms with Crippen LogP contribution in [0.3, 0.4) is 0 Å². The predicted octanol–water partition coefficient (Wildman–Crippen LogP) is 5.02. The van der Waals surface area contributed by atoms with Crippen LogP contribution in [-0.2, 0) is 4.79 Å². The molecule has 9 heteroatoms. The van der Waals surface area contributed by atoms with E-state index in [1.807, 2.05) is 19.1 Å². The van der Waals surface area contributed by atoms with Crippen molar-refractivity contribution in [2.24, 2.45) is 0 Å². The summed E-state index contributed by atoms with van der Waals surface area (Å²) in [6.07, 6.45) is 0. The minimum Gasteiger partial charge on any atom is -0.492 e. The number of amides is 1. The lowest BCUT2D eigenvalue weighted by Gasteiger charge is -2.15. The third-order valence-corrected chi connectivity index (χ3v) is 6.47. The normalized spacial score (nSPS) is 11.0. The maximum absolute atomic E-state index is 13.6. The molecule has 6 nitrogen and oxygen atoms in total. The molecule has 0 fully saturated rings. The first-order valence-electron chi connectivity index (χ1n) is 9.89. The van der Waals surface area contributed by atoms with Crippen molar-refractivity contribution in [3.05, 3.63) is 75.6 Å². The molecule has 4 rings (SSSR count). The Morgan fingerprint density at radius 3 is 2.84 bits per heavy atom. The van der Waals surface area contributed by atoms with Crippen molar-refractivity contribution in [1.82, 2.24) is 9.55 Å². The number of anilines is 1. The molecule has 0 saturated heterocycles.